The van der Waals surface area contributed by atoms with Gasteiger partial charge in [-0.3, -0.25) is 4.79 Å². The van der Waals surface area contributed by atoms with E-state index in [1.165, 1.54) is 22.7 Å². The molecule has 0 aliphatic rings. The number of carbonyl (C=O) groups excluding carboxylic acids is 2. The van der Waals surface area contributed by atoms with E-state index < -0.39 is 5.97 Å². The van der Waals surface area contributed by atoms with Crippen LogP contribution in [0.15, 0.2) is 52.5 Å². The van der Waals surface area contributed by atoms with Crippen LogP contribution >= 0.6 is 34.0 Å². The smallest absolute Gasteiger partial charge is 0.340 e. The van der Waals surface area contributed by atoms with Crippen molar-refractivity contribution in [1.29, 1.82) is 0 Å². The quantitative estimate of drug-likeness (QED) is 0.485. The van der Waals surface area contributed by atoms with Gasteiger partial charge in [0.15, 0.2) is 6.61 Å². The number of nitrogens with one attached hydrogen (secondary N) is 1. The van der Waals surface area contributed by atoms with E-state index >= 15 is 0 Å². The molecule has 0 unspecified atom stereocenters. The molecule has 0 fully saturated rings. The monoisotopic (exact) mass is 389 g/mol. The van der Waals surface area contributed by atoms with Crippen LogP contribution < -0.4 is 5.32 Å². The zero-order chi connectivity index (χ0) is 17.5. The Balaban J connectivity index is 1.60. The van der Waals surface area contributed by atoms with E-state index in [9.17, 15) is 9.59 Å². The third-order valence-electron chi connectivity index (χ3n) is 3.21. The average molecular weight is 390 g/mol. The Morgan fingerprint density at radius 2 is 1.76 bits per heavy atom. The van der Waals surface area contributed by atoms with Crippen LogP contribution in [0.1, 0.15) is 14.6 Å². The van der Waals surface area contributed by atoms with Crippen LogP contribution in [0.5, 0.6) is 0 Å². The highest BCUT2D eigenvalue weighted by Gasteiger charge is 2.16. The standard InChI is InChI=1S/C18H15NO3S3/c20-17(19-11-14-5-2-8-24-14)12-22-18(21)15(16-6-3-9-25-16)10-13-4-1-7-23-13/h1-10H,11-12H2,(H,19,20). The van der Waals surface area contributed by atoms with E-state index in [0.717, 1.165) is 14.6 Å². The second kappa shape index (κ2) is 8.75. The summed E-state index contributed by atoms with van der Waals surface area (Å²) in [5.74, 6) is -0.814. The number of thiophene rings is 3. The molecule has 0 saturated heterocycles. The van der Waals surface area contributed by atoms with Crippen molar-refractivity contribution in [3.8, 4) is 0 Å². The molecule has 3 aromatic heterocycles. The highest BCUT2D eigenvalue weighted by Crippen LogP contribution is 2.25. The first kappa shape index (κ1) is 17.6. The molecule has 0 radical (unpaired) electrons. The summed E-state index contributed by atoms with van der Waals surface area (Å²) in [6, 6.07) is 11.5. The van der Waals surface area contributed by atoms with Crippen LogP contribution in [-0.2, 0) is 20.9 Å². The molecule has 0 aliphatic heterocycles. The Hall–Kier alpha value is -2.22. The summed E-state index contributed by atoms with van der Waals surface area (Å²) in [5, 5.41) is 8.53. The van der Waals surface area contributed by atoms with Crippen molar-refractivity contribution in [2.24, 2.45) is 0 Å². The summed E-state index contributed by atoms with van der Waals surface area (Å²) in [5.41, 5.74) is 0.462. The van der Waals surface area contributed by atoms with Crippen molar-refractivity contribution in [2.75, 3.05) is 6.61 Å². The molecule has 4 nitrogen and oxygen atoms in total. The normalized spacial score (nSPS) is 11.3. The van der Waals surface area contributed by atoms with Crippen LogP contribution in [0.3, 0.4) is 0 Å². The van der Waals surface area contributed by atoms with E-state index in [2.05, 4.69) is 5.32 Å². The van der Waals surface area contributed by atoms with E-state index in [-0.39, 0.29) is 12.5 Å². The van der Waals surface area contributed by atoms with Gasteiger partial charge in [-0.25, -0.2) is 4.79 Å². The molecule has 0 aliphatic carbocycles. The zero-order valence-corrected chi connectivity index (χ0v) is 15.6. The van der Waals surface area contributed by atoms with Crippen LogP contribution in [0.25, 0.3) is 11.6 Å². The Morgan fingerprint density at radius 1 is 1.00 bits per heavy atom. The molecule has 3 rings (SSSR count). The van der Waals surface area contributed by atoms with Gasteiger partial charge in [0, 0.05) is 14.6 Å². The summed E-state index contributed by atoms with van der Waals surface area (Å²) >= 11 is 4.57. The van der Waals surface area contributed by atoms with Crippen molar-refractivity contribution in [1.82, 2.24) is 5.32 Å². The topological polar surface area (TPSA) is 55.4 Å². The van der Waals surface area contributed by atoms with Gasteiger partial charge in [0.25, 0.3) is 5.91 Å². The van der Waals surface area contributed by atoms with Gasteiger partial charge in [-0.2, -0.15) is 0 Å². The first-order valence-electron chi connectivity index (χ1n) is 7.47. The molecule has 0 aromatic carbocycles. The van der Waals surface area contributed by atoms with Crippen LogP contribution in [-0.4, -0.2) is 18.5 Å². The summed E-state index contributed by atoms with van der Waals surface area (Å²) < 4.78 is 5.20. The maximum absolute atomic E-state index is 12.4. The number of esters is 1. The number of rotatable bonds is 7. The molecule has 3 heterocycles. The van der Waals surface area contributed by atoms with Gasteiger partial charge in [0.05, 0.1) is 12.1 Å². The van der Waals surface area contributed by atoms with Crippen LogP contribution in [0.2, 0.25) is 0 Å². The van der Waals surface area contributed by atoms with Crippen molar-refractivity contribution < 1.29 is 14.3 Å². The molecule has 0 bridgehead atoms. The lowest BCUT2D eigenvalue weighted by Crippen LogP contribution is -2.28. The highest BCUT2D eigenvalue weighted by molar-refractivity contribution is 7.12. The Labute approximate surface area is 157 Å². The Morgan fingerprint density at radius 3 is 2.44 bits per heavy atom. The van der Waals surface area contributed by atoms with Crippen molar-refractivity contribution in [3.05, 3.63) is 67.2 Å². The molecule has 7 heteroatoms. The fourth-order valence-electron chi connectivity index (χ4n) is 2.04. The molecular formula is C18H15NO3S3. The van der Waals surface area contributed by atoms with Gasteiger partial charge in [-0.15, -0.1) is 34.0 Å². The van der Waals surface area contributed by atoms with Crippen molar-refractivity contribution in [3.63, 3.8) is 0 Å². The number of amides is 1. The lowest BCUT2D eigenvalue weighted by atomic mass is 10.2. The largest absolute Gasteiger partial charge is 0.452 e. The van der Waals surface area contributed by atoms with Gasteiger partial charge in [0.1, 0.15) is 0 Å². The molecule has 0 saturated carbocycles. The Bertz CT molecular complexity index is 834. The molecule has 0 spiro atoms. The first-order valence-corrected chi connectivity index (χ1v) is 10.1. The third-order valence-corrected chi connectivity index (χ3v) is 5.81. The lowest BCUT2D eigenvalue weighted by Gasteiger charge is -2.07. The number of ether oxygens (including phenoxy) is 1. The van der Waals surface area contributed by atoms with Gasteiger partial charge in [-0.05, 0) is 40.4 Å². The lowest BCUT2D eigenvalue weighted by molar-refractivity contribution is -0.142. The predicted octanol–water partition coefficient (Wildman–Crippen LogP) is 4.27. The van der Waals surface area contributed by atoms with Gasteiger partial charge >= 0.3 is 5.97 Å². The van der Waals surface area contributed by atoms with Crippen LogP contribution in [0, 0.1) is 0 Å². The first-order chi connectivity index (χ1) is 12.2. The van der Waals surface area contributed by atoms with E-state index in [1.54, 1.807) is 17.4 Å². The minimum atomic E-state index is -0.498. The number of carbonyl (C=O) groups is 2. The highest BCUT2D eigenvalue weighted by atomic mass is 32.1. The SMILES string of the molecule is O=C(COC(=O)C(=Cc1cccs1)c1cccs1)NCc1cccs1. The summed E-state index contributed by atoms with van der Waals surface area (Å²) in [4.78, 5) is 27.1. The van der Waals surface area contributed by atoms with E-state index in [1.807, 2.05) is 52.5 Å². The molecule has 1 N–H and O–H groups in total. The molecular weight excluding hydrogens is 374 g/mol. The van der Waals surface area contributed by atoms with Crippen molar-refractivity contribution in [2.45, 2.75) is 6.54 Å². The average Bonchev–Trinajstić information content (AvgIpc) is 3.38. The maximum Gasteiger partial charge on any atom is 0.340 e. The molecule has 128 valence electrons. The maximum atomic E-state index is 12.4. The summed E-state index contributed by atoms with van der Waals surface area (Å²) in [6.45, 7) is 0.147. The van der Waals surface area contributed by atoms with Crippen molar-refractivity contribution >= 4 is 57.5 Å². The summed E-state index contributed by atoms with van der Waals surface area (Å²) in [7, 11) is 0. The van der Waals surface area contributed by atoms with Gasteiger partial charge < -0.3 is 10.1 Å². The molecule has 3 aromatic rings. The minimum absolute atomic E-state index is 0.294. The minimum Gasteiger partial charge on any atom is -0.452 e. The Kier molecular flexibility index (Phi) is 6.16. The third kappa shape index (κ3) is 5.12. The predicted molar refractivity (Wildman–Crippen MR) is 104 cm³/mol. The second-order valence-corrected chi connectivity index (χ2v) is 7.94. The van der Waals surface area contributed by atoms with E-state index in [0.29, 0.717) is 12.1 Å². The fourth-order valence-corrected chi connectivity index (χ4v) is 4.07. The number of hydrogen-bond acceptors (Lipinski definition) is 6. The second-order valence-electron chi connectivity index (χ2n) is 4.98. The van der Waals surface area contributed by atoms with Gasteiger partial charge in [-0.1, -0.05) is 18.2 Å². The number of hydrogen-bond donors (Lipinski definition) is 1. The van der Waals surface area contributed by atoms with Gasteiger partial charge in [0.2, 0.25) is 0 Å². The molecule has 25 heavy (non-hydrogen) atoms. The molecule has 1 amide bonds. The zero-order valence-electron chi connectivity index (χ0n) is 13.1. The van der Waals surface area contributed by atoms with Crippen LogP contribution in [0.4, 0.5) is 0 Å². The van der Waals surface area contributed by atoms with E-state index in [4.69, 9.17) is 4.74 Å². The summed E-state index contributed by atoms with van der Waals surface area (Å²) in [6.07, 6.45) is 1.79. The molecule has 0 atom stereocenters. The fraction of sp³-hybridized carbons (Fsp3) is 0.111.